The van der Waals surface area contributed by atoms with Crippen molar-refractivity contribution in [3.8, 4) is 11.5 Å². The maximum absolute atomic E-state index is 13.5. The first-order valence-electron chi connectivity index (χ1n) is 13.6. The van der Waals surface area contributed by atoms with Crippen molar-refractivity contribution in [2.45, 2.75) is 55.8 Å². The minimum absolute atomic E-state index is 0.0345. The van der Waals surface area contributed by atoms with Crippen molar-refractivity contribution in [2.24, 2.45) is 0 Å². The molecule has 0 radical (unpaired) electrons. The highest BCUT2D eigenvalue weighted by Crippen LogP contribution is 2.50. The lowest BCUT2D eigenvalue weighted by atomic mass is 9.70. The van der Waals surface area contributed by atoms with Gasteiger partial charge in [0.05, 0.1) is 7.11 Å². The molecule has 3 aliphatic rings. The summed E-state index contributed by atoms with van der Waals surface area (Å²) in [6.45, 7) is 3.46. The first-order chi connectivity index (χ1) is 20.1. The molecule has 1 N–H and O–H groups in total. The van der Waals surface area contributed by atoms with Gasteiger partial charge in [0.1, 0.15) is 11.4 Å². The zero-order chi connectivity index (χ0) is 30.2. The third kappa shape index (κ3) is 5.48. The van der Waals surface area contributed by atoms with Crippen LogP contribution in [-0.4, -0.2) is 49.6 Å². The van der Waals surface area contributed by atoms with Crippen LogP contribution in [0.4, 0.5) is 0 Å². The quantitative estimate of drug-likeness (QED) is 0.295. The standard InChI is InChI=1S/C31H30ClNO8S/c1-3-6-18-15-19(16-26(40-2)31(18)41-42(38,39)21-13-11-20(32)12-14-21)28-29-22(7-4-9-24(29)34)33(17-27(36)37)23-8-5-10-25(35)30(23)28/h3,11-16,28H,1,4-10,17H2,2H3,(H,36,37). The Labute approximate surface area is 249 Å². The van der Waals surface area contributed by atoms with E-state index in [1.807, 2.05) is 0 Å². The summed E-state index contributed by atoms with van der Waals surface area (Å²) >= 11 is 5.92. The number of allylic oxidation sites excluding steroid dienone is 5. The van der Waals surface area contributed by atoms with E-state index in [9.17, 15) is 27.9 Å². The Morgan fingerprint density at radius 2 is 1.64 bits per heavy atom. The predicted octanol–water partition coefficient (Wildman–Crippen LogP) is 5.34. The second-order valence-corrected chi connectivity index (χ2v) is 12.4. The van der Waals surface area contributed by atoms with Gasteiger partial charge in [0, 0.05) is 51.9 Å². The van der Waals surface area contributed by atoms with E-state index in [1.165, 1.54) is 31.4 Å². The molecule has 0 saturated heterocycles. The normalized spacial score (nSPS) is 17.6. The first-order valence-corrected chi connectivity index (χ1v) is 15.4. The Hall–Kier alpha value is -3.89. The number of methoxy groups -OCH3 is 1. The van der Waals surface area contributed by atoms with E-state index in [2.05, 4.69) is 6.58 Å². The minimum atomic E-state index is -4.28. The number of rotatable bonds is 9. The summed E-state index contributed by atoms with van der Waals surface area (Å²) in [5.41, 5.74) is 3.06. The number of carbonyl (C=O) groups is 3. The molecular formula is C31H30ClNO8S. The van der Waals surface area contributed by atoms with E-state index in [0.29, 0.717) is 64.4 Å². The molecule has 0 spiro atoms. The lowest BCUT2D eigenvalue weighted by molar-refractivity contribution is -0.138. The van der Waals surface area contributed by atoms with Crippen molar-refractivity contribution in [2.75, 3.05) is 13.7 Å². The molecule has 1 aliphatic heterocycles. The SMILES string of the molecule is C=CCc1cc(C2C3=C(CCCC3=O)N(CC(=O)O)C3=C2C(=O)CCC3)cc(OC)c1OS(=O)(=O)c1ccc(Cl)cc1. The number of carbonyl (C=O) groups excluding carboxylic acids is 2. The number of hydrogen-bond donors (Lipinski definition) is 1. The van der Waals surface area contributed by atoms with Gasteiger partial charge in [-0.25, -0.2) is 0 Å². The summed E-state index contributed by atoms with van der Waals surface area (Å²) in [6, 6.07) is 8.87. The van der Waals surface area contributed by atoms with Crippen LogP contribution >= 0.6 is 11.6 Å². The molecule has 0 saturated carbocycles. The third-order valence-electron chi connectivity index (χ3n) is 7.75. The summed E-state index contributed by atoms with van der Waals surface area (Å²) in [6.07, 6.45) is 4.53. The molecule has 0 aromatic heterocycles. The summed E-state index contributed by atoms with van der Waals surface area (Å²) < 4.78 is 37.7. The van der Waals surface area contributed by atoms with Gasteiger partial charge in [-0.3, -0.25) is 14.4 Å². The predicted molar refractivity (Wildman–Crippen MR) is 155 cm³/mol. The van der Waals surface area contributed by atoms with Crippen LogP contribution in [0.3, 0.4) is 0 Å². The van der Waals surface area contributed by atoms with Gasteiger partial charge in [-0.05, 0) is 68.0 Å². The van der Waals surface area contributed by atoms with Gasteiger partial charge < -0.3 is 18.9 Å². The summed E-state index contributed by atoms with van der Waals surface area (Å²) in [5.74, 6) is -2.02. The molecule has 0 unspecified atom stereocenters. The fourth-order valence-corrected chi connectivity index (χ4v) is 7.14. The highest BCUT2D eigenvalue weighted by Gasteiger charge is 2.44. The van der Waals surface area contributed by atoms with Gasteiger partial charge in [-0.15, -0.1) is 6.58 Å². The number of aliphatic carboxylic acids is 1. The Morgan fingerprint density at radius 1 is 1.05 bits per heavy atom. The molecule has 0 fully saturated rings. The van der Waals surface area contributed by atoms with Crippen LogP contribution in [0.25, 0.3) is 0 Å². The maximum atomic E-state index is 13.5. The van der Waals surface area contributed by atoms with Crippen LogP contribution in [0.1, 0.15) is 55.6 Å². The van der Waals surface area contributed by atoms with Gasteiger partial charge in [0.25, 0.3) is 0 Å². The molecule has 0 amide bonds. The molecule has 42 heavy (non-hydrogen) atoms. The monoisotopic (exact) mass is 611 g/mol. The van der Waals surface area contributed by atoms with Crippen LogP contribution < -0.4 is 8.92 Å². The molecule has 0 bridgehead atoms. The molecule has 220 valence electrons. The first kappa shape index (κ1) is 29.6. The lowest BCUT2D eigenvalue weighted by Gasteiger charge is -2.43. The number of nitrogens with zero attached hydrogens (tertiary/aromatic N) is 1. The summed E-state index contributed by atoms with van der Waals surface area (Å²) in [5, 5.41) is 10.1. The lowest BCUT2D eigenvalue weighted by Crippen LogP contribution is -2.41. The Kier molecular flexibility index (Phi) is 8.30. The number of Topliss-reactive ketones (excluding diaryl/α,β-unsaturated/α-hetero) is 2. The van der Waals surface area contributed by atoms with Crippen LogP contribution in [0.15, 0.2) is 76.5 Å². The fourth-order valence-electron chi connectivity index (χ4n) is 6.04. The molecule has 5 rings (SSSR count). The number of ketones is 2. The topological polar surface area (TPSA) is 127 Å². The molecule has 9 nitrogen and oxygen atoms in total. The minimum Gasteiger partial charge on any atom is -0.493 e. The Morgan fingerprint density at radius 3 is 2.17 bits per heavy atom. The third-order valence-corrected chi connectivity index (χ3v) is 9.23. The van der Waals surface area contributed by atoms with Crippen LogP contribution in [0.5, 0.6) is 11.5 Å². The van der Waals surface area contributed by atoms with Crippen molar-refractivity contribution < 1.29 is 36.8 Å². The summed E-state index contributed by atoms with van der Waals surface area (Å²) in [7, 11) is -2.90. The number of carboxylic acid groups (broad SMARTS) is 1. The van der Waals surface area contributed by atoms with Crippen molar-refractivity contribution in [3.05, 3.63) is 87.7 Å². The van der Waals surface area contributed by atoms with Gasteiger partial charge in [-0.2, -0.15) is 8.42 Å². The molecule has 11 heteroatoms. The van der Waals surface area contributed by atoms with Gasteiger partial charge in [-0.1, -0.05) is 23.7 Å². The zero-order valence-electron chi connectivity index (χ0n) is 23.0. The highest BCUT2D eigenvalue weighted by atomic mass is 35.5. The molecule has 0 atom stereocenters. The fraction of sp³-hybridized carbons (Fsp3) is 0.323. The van der Waals surface area contributed by atoms with Crippen molar-refractivity contribution in [3.63, 3.8) is 0 Å². The number of ether oxygens (including phenoxy) is 1. The molecule has 2 aromatic carbocycles. The highest BCUT2D eigenvalue weighted by molar-refractivity contribution is 7.87. The van der Waals surface area contributed by atoms with Crippen LogP contribution in [0.2, 0.25) is 5.02 Å². The van der Waals surface area contributed by atoms with Crippen LogP contribution in [0, 0.1) is 0 Å². The molecular weight excluding hydrogens is 582 g/mol. The largest absolute Gasteiger partial charge is 0.493 e. The maximum Gasteiger partial charge on any atom is 0.339 e. The average Bonchev–Trinajstić information content (AvgIpc) is 2.94. The van der Waals surface area contributed by atoms with Gasteiger partial charge in [0.15, 0.2) is 23.1 Å². The number of halogens is 1. The van der Waals surface area contributed by atoms with E-state index in [4.69, 9.17) is 20.5 Å². The van der Waals surface area contributed by atoms with E-state index in [-0.39, 0.29) is 53.8 Å². The Balaban J connectivity index is 1.70. The number of benzene rings is 2. The Bertz CT molecular complexity index is 1610. The smallest absolute Gasteiger partial charge is 0.339 e. The van der Waals surface area contributed by atoms with E-state index in [0.717, 1.165) is 0 Å². The van der Waals surface area contributed by atoms with Crippen molar-refractivity contribution in [1.29, 1.82) is 0 Å². The van der Waals surface area contributed by atoms with E-state index in [1.54, 1.807) is 23.1 Å². The zero-order valence-corrected chi connectivity index (χ0v) is 24.6. The molecule has 2 aromatic rings. The van der Waals surface area contributed by atoms with Crippen LogP contribution in [-0.2, 0) is 30.9 Å². The number of hydrogen-bond acceptors (Lipinski definition) is 8. The van der Waals surface area contributed by atoms with E-state index >= 15 is 0 Å². The molecule has 2 aliphatic carbocycles. The average molecular weight is 612 g/mol. The van der Waals surface area contributed by atoms with Crippen molar-refractivity contribution in [1.82, 2.24) is 4.90 Å². The molecule has 1 heterocycles. The van der Waals surface area contributed by atoms with Gasteiger partial charge >= 0.3 is 16.1 Å². The van der Waals surface area contributed by atoms with Gasteiger partial charge in [0.2, 0.25) is 0 Å². The summed E-state index contributed by atoms with van der Waals surface area (Å²) in [4.78, 5) is 40.4. The van der Waals surface area contributed by atoms with Crippen molar-refractivity contribution >= 4 is 39.3 Å². The second-order valence-electron chi connectivity index (χ2n) is 10.4. The number of carboxylic acids is 1. The van der Waals surface area contributed by atoms with E-state index < -0.39 is 22.0 Å². The second kappa shape index (κ2) is 11.8.